The van der Waals surface area contributed by atoms with Crippen LogP contribution in [0.2, 0.25) is 19.6 Å². The van der Waals surface area contributed by atoms with Gasteiger partial charge in [-0.05, 0) is 11.3 Å². The Bertz CT molecular complexity index is 618. The van der Waals surface area contributed by atoms with Crippen LogP contribution in [0.25, 0.3) is 0 Å². The average Bonchev–Trinajstić information content (AvgIpc) is 2.24. The van der Waals surface area contributed by atoms with Crippen LogP contribution >= 0.6 is 0 Å². The molecule has 0 N–H and O–H groups in total. The van der Waals surface area contributed by atoms with Gasteiger partial charge in [0.1, 0.15) is 12.0 Å². The molecule has 0 saturated carbocycles. The first-order valence-electron chi connectivity index (χ1n) is 5.49. The third kappa shape index (κ3) is 3.40. The summed E-state index contributed by atoms with van der Waals surface area (Å²) in [6.45, 7) is 5.30. The fourth-order valence-electron chi connectivity index (χ4n) is 1.68. The first-order valence-corrected chi connectivity index (χ1v) is 10.4. The van der Waals surface area contributed by atoms with Crippen LogP contribution < -0.4 is 9.37 Å². The zero-order valence-corrected chi connectivity index (χ0v) is 12.8. The van der Waals surface area contributed by atoms with Gasteiger partial charge in [-0.2, -0.15) is 21.6 Å². The van der Waals surface area contributed by atoms with E-state index in [0.29, 0.717) is 6.29 Å². The van der Waals surface area contributed by atoms with Crippen LogP contribution in [0.15, 0.2) is 18.2 Å². The maximum absolute atomic E-state index is 12.4. The second-order valence-electron chi connectivity index (χ2n) is 5.07. The van der Waals surface area contributed by atoms with E-state index in [9.17, 15) is 26.4 Å². The van der Waals surface area contributed by atoms with Crippen molar-refractivity contribution < 1.29 is 30.6 Å². The molecular formula is C11H13F3O4SSi. The predicted molar refractivity (Wildman–Crippen MR) is 70.4 cm³/mol. The summed E-state index contributed by atoms with van der Waals surface area (Å²) >= 11 is 0. The fourth-order valence-corrected chi connectivity index (χ4v) is 4.11. The van der Waals surface area contributed by atoms with E-state index in [4.69, 9.17) is 0 Å². The predicted octanol–water partition coefficient (Wildman–Crippen LogP) is 2.27. The molecule has 9 heteroatoms. The van der Waals surface area contributed by atoms with E-state index >= 15 is 0 Å². The Kier molecular flexibility index (Phi) is 4.35. The number of hydrogen-bond donors (Lipinski definition) is 0. The molecule has 0 unspecified atom stereocenters. The number of carbonyl (C=O) groups is 1. The van der Waals surface area contributed by atoms with Gasteiger partial charge in [0.15, 0.2) is 0 Å². The molecule has 0 aliphatic rings. The molecule has 112 valence electrons. The molecule has 0 amide bonds. The maximum atomic E-state index is 12.4. The molecule has 0 heterocycles. The van der Waals surface area contributed by atoms with Gasteiger partial charge >= 0.3 is 15.6 Å². The normalized spacial score (nSPS) is 13.1. The van der Waals surface area contributed by atoms with E-state index in [0.717, 1.165) is 6.07 Å². The Balaban J connectivity index is 3.45. The molecule has 0 aliphatic heterocycles. The van der Waals surface area contributed by atoms with Gasteiger partial charge in [0, 0.05) is 5.56 Å². The standard InChI is InChI=1S/C11H13F3O4SSi/c1-20(2,3)10-8(7-15)5-4-6-9(10)18-19(16,17)11(12,13)14/h4-7H,1-3H3. The maximum Gasteiger partial charge on any atom is 0.534 e. The van der Waals surface area contributed by atoms with Gasteiger partial charge in [-0.15, -0.1) is 0 Å². The summed E-state index contributed by atoms with van der Waals surface area (Å²) in [7, 11) is -8.04. The van der Waals surface area contributed by atoms with Crippen LogP contribution in [0, 0.1) is 0 Å². The van der Waals surface area contributed by atoms with Crippen LogP contribution in [0.1, 0.15) is 10.4 Å². The summed E-state index contributed by atoms with van der Waals surface area (Å²) in [5.74, 6) is -0.439. The first kappa shape index (κ1) is 16.7. The van der Waals surface area contributed by atoms with E-state index < -0.39 is 29.4 Å². The SMILES string of the molecule is C[Si](C)(C)c1c(C=O)cccc1OS(=O)(=O)C(F)(F)F. The number of benzene rings is 1. The van der Waals surface area contributed by atoms with Crippen molar-refractivity contribution in [3.8, 4) is 5.75 Å². The van der Waals surface area contributed by atoms with Crippen molar-refractivity contribution in [1.29, 1.82) is 0 Å². The molecule has 0 bridgehead atoms. The van der Waals surface area contributed by atoms with E-state index in [-0.39, 0.29) is 10.8 Å². The lowest BCUT2D eigenvalue weighted by atomic mass is 10.2. The van der Waals surface area contributed by atoms with Gasteiger partial charge in [0.05, 0.1) is 8.07 Å². The van der Waals surface area contributed by atoms with Crippen molar-refractivity contribution in [2.75, 3.05) is 0 Å². The highest BCUT2D eigenvalue weighted by molar-refractivity contribution is 7.88. The van der Waals surface area contributed by atoms with E-state index in [1.54, 1.807) is 19.6 Å². The van der Waals surface area contributed by atoms with Gasteiger partial charge < -0.3 is 4.18 Å². The van der Waals surface area contributed by atoms with Gasteiger partial charge in [-0.1, -0.05) is 31.8 Å². The number of halogens is 3. The minimum Gasteiger partial charge on any atom is -0.376 e. The largest absolute Gasteiger partial charge is 0.534 e. The quantitative estimate of drug-likeness (QED) is 0.369. The second kappa shape index (κ2) is 5.21. The van der Waals surface area contributed by atoms with E-state index in [1.807, 2.05) is 0 Å². The molecule has 4 nitrogen and oxygen atoms in total. The zero-order chi connectivity index (χ0) is 15.8. The molecule has 1 aromatic rings. The summed E-state index contributed by atoms with van der Waals surface area (Å²) in [6.07, 6.45) is 0.473. The van der Waals surface area contributed by atoms with Crippen LogP contribution in [0.3, 0.4) is 0 Å². The summed E-state index contributed by atoms with van der Waals surface area (Å²) in [6, 6.07) is 3.80. The van der Waals surface area contributed by atoms with Crippen LogP contribution in [0.5, 0.6) is 5.75 Å². The first-order chi connectivity index (χ1) is 8.90. The summed E-state index contributed by atoms with van der Waals surface area (Å²) in [5, 5.41) is 0.239. The van der Waals surface area contributed by atoms with Crippen LogP contribution in [-0.2, 0) is 10.1 Å². The molecule has 0 aromatic heterocycles. The monoisotopic (exact) mass is 326 g/mol. The lowest BCUT2D eigenvalue weighted by Gasteiger charge is -2.22. The summed E-state index contributed by atoms with van der Waals surface area (Å²) < 4.78 is 63.4. The molecule has 0 fully saturated rings. The van der Waals surface area contributed by atoms with Crippen molar-refractivity contribution in [2.24, 2.45) is 0 Å². The Morgan fingerprint density at radius 2 is 1.75 bits per heavy atom. The minimum atomic E-state index is -5.75. The number of carbonyl (C=O) groups excluding carboxylic acids is 1. The zero-order valence-electron chi connectivity index (χ0n) is 11.0. The van der Waals surface area contributed by atoms with Gasteiger partial charge in [-0.25, -0.2) is 0 Å². The van der Waals surface area contributed by atoms with Crippen LogP contribution in [-0.4, -0.2) is 28.3 Å². The lowest BCUT2D eigenvalue weighted by molar-refractivity contribution is -0.0499. The fraction of sp³-hybridized carbons (Fsp3) is 0.364. The Hall–Kier alpha value is -1.35. The molecule has 0 saturated heterocycles. The molecule has 0 spiro atoms. The third-order valence-corrected chi connectivity index (χ3v) is 5.42. The number of alkyl halides is 3. The highest BCUT2D eigenvalue weighted by Gasteiger charge is 2.49. The Morgan fingerprint density at radius 1 is 1.20 bits per heavy atom. The van der Waals surface area contributed by atoms with Gasteiger partial charge in [0.2, 0.25) is 0 Å². The Morgan fingerprint density at radius 3 is 2.15 bits per heavy atom. The molecule has 0 atom stereocenters. The number of aldehydes is 1. The van der Waals surface area contributed by atoms with E-state index in [1.165, 1.54) is 12.1 Å². The minimum absolute atomic E-state index is 0.138. The van der Waals surface area contributed by atoms with Crippen molar-refractivity contribution in [3.63, 3.8) is 0 Å². The topological polar surface area (TPSA) is 60.4 Å². The van der Waals surface area contributed by atoms with Crippen molar-refractivity contribution in [3.05, 3.63) is 23.8 Å². The Labute approximate surface area is 115 Å². The van der Waals surface area contributed by atoms with Crippen molar-refractivity contribution in [2.45, 2.75) is 25.1 Å². The number of rotatable bonds is 4. The van der Waals surface area contributed by atoms with Crippen LogP contribution in [0.4, 0.5) is 13.2 Å². The molecule has 1 aromatic carbocycles. The highest BCUT2D eigenvalue weighted by atomic mass is 32.2. The summed E-state index contributed by atoms with van der Waals surface area (Å²) in [5.41, 5.74) is -5.38. The smallest absolute Gasteiger partial charge is 0.376 e. The molecule has 1 rings (SSSR count). The van der Waals surface area contributed by atoms with Gasteiger partial charge in [0.25, 0.3) is 0 Å². The van der Waals surface area contributed by atoms with Gasteiger partial charge in [-0.3, -0.25) is 4.79 Å². The molecule has 0 radical (unpaired) electrons. The molecule has 20 heavy (non-hydrogen) atoms. The molecular weight excluding hydrogens is 313 g/mol. The number of hydrogen-bond acceptors (Lipinski definition) is 4. The average molecular weight is 326 g/mol. The van der Waals surface area contributed by atoms with Crippen molar-refractivity contribution in [1.82, 2.24) is 0 Å². The van der Waals surface area contributed by atoms with E-state index in [2.05, 4.69) is 4.18 Å². The lowest BCUT2D eigenvalue weighted by Crippen LogP contribution is -2.42. The second-order valence-corrected chi connectivity index (χ2v) is 11.6. The summed E-state index contributed by atoms with van der Waals surface area (Å²) in [4.78, 5) is 11.0. The molecule has 0 aliphatic carbocycles. The van der Waals surface area contributed by atoms with Crippen molar-refractivity contribution >= 4 is 29.7 Å². The third-order valence-electron chi connectivity index (χ3n) is 2.42. The highest BCUT2D eigenvalue weighted by Crippen LogP contribution is 2.27.